The van der Waals surface area contributed by atoms with Crippen molar-refractivity contribution in [2.45, 2.75) is 19.0 Å². The van der Waals surface area contributed by atoms with Crippen molar-refractivity contribution in [2.24, 2.45) is 5.92 Å². The van der Waals surface area contributed by atoms with E-state index in [1.165, 1.54) is 11.8 Å². The maximum atomic E-state index is 13.1. The van der Waals surface area contributed by atoms with E-state index in [1.807, 2.05) is 36.5 Å². The molecule has 0 unspecified atom stereocenters. The minimum atomic E-state index is -4.39. The lowest BCUT2D eigenvalue weighted by Crippen LogP contribution is -2.41. The normalized spacial score (nSPS) is 18.1. The molecule has 2 aromatic carbocycles. The molecule has 1 aromatic heterocycles. The molecule has 3 aromatic rings. The molecular weight excluding hydrogens is 415 g/mol. The van der Waals surface area contributed by atoms with Crippen molar-refractivity contribution >= 4 is 16.7 Å². The van der Waals surface area contributed by atoms with Gasteiger partial charge < -0.3 is 15.3 Å². The summed E-state index contributed by atoms with van der Waals surface area (Å²) in [5, 5.41) is 2.09. The minimum absolute atomic E-state index is 0.367. The van der Waals surface area contributed by atoms with Crippen molar-refractivity contribution in [1.29, 1.82) is 0 Å². The number of hydrazine groups is 1. The first kappa shape index (κ1) is 20.6. The highest BCUT2D eigenvalue weighted by Crippen LogP contribution is 2.34. The number of likely N-dealkylation sites (tertiary alicyclic amines) is 1. The summed E-state index contributed by atoms with van der Waals surface area (Å²) in [6.45, 7) is 2.14. The van der Waals surface area contributed by atoms with E-state index >= 15 is 0 Å². The summed E-state index contributed by atoms with van der Waals surface area (Å²) in [5.41, 5.74) is 6.50. The monoisotopic (exact) mass is 439 g/mol. The number of nitrogens with one attached hydrogen (secondary N) is 2. The molecule has 8 heteroatoms. The Morgan fingerprint density at radius 3 is 2.66 bits per heavy atom. The second-order valence-electron chi connectivity index (χ2n) is 8.36. The molecule has 0 atom stereocenters. The number of anilines is 1. The number of alkyl halides is 3. The highest BCUT2D eigenvalue weighted by Gasteiger charge is 2.31. The second-order valence-corrected chi connectivity index (χ2v) is 8.36. The Hall–Kier alpha value is -3.26. The predicted octanol–water partition coefficient (Wildman–Crippen LogP) is 5.31. The lowest BCUT2D eigenvalue weighted by atomic mass is 9.92. The van der Waals surface area contributed by atoms with Crippen LogP contribution < -0.4 is 10.4 Å². The highest BCUT2D eigenvalue weighted by molar-refractivity contribution is 5.81. The molecule has 166 valence electrons. The van der Waals surface area contributed by atoms with Crippen LogP contribution in [0.3, 0.4) is 0 Å². The summed E-state index contributed by atoms with van der Waals surface area (Å²) in [4.78, 5) is 9.91. The standard InChI is InChI=1S/C24H24F3N5/c1-31-12-9-16(10-13-31)22-6-3-11-28-32(22)19-5-2-4-17(14-19)23-29-20-8-7-18(24(25,26)27)15-21(20)30-23/h2-8,11,14-16,28H,9-10,12-13H2,1H3,(H,29,30). The van der Waals surface area contributed by atoms with E-state index in [0.717, 1.165) is 49.3 Å². The van der Waals surface area contributed by atoms with Gasteiger partial charge in [-0.2, -0.15) is 13.2 Å². The maximum absolute atomic E-state index is 13.1. The van der Waals surface area contributed by atoms with Gasteiger partial charge in [-0.05, 0) is 75.5 Å². The van der Waals surface area contributed by atoms with Crippen LogP contribution in [-0.2, 0) is 6.18 Å². The largest absolute Gasteiger partial charge is 0.416 e. The number of aromatic nitrogens is 2. The quantitative estimate of drug-likeness (QED) is 0.581. The molecule has 0 amide bonds. The van der Waals surface area contributed by atoms with Crippen molar-refractivity contribution in [3.63, 3.8) is 0 Å². The van der Waals surface area contributed by atoms with Crippen LogP contribution in [-0.4, -0.2) is 35.0 Å². The third-order valence-corrected chi connectivity index (χ3v) is 6.15. The van der Waals surface area contributed by atoms with E-state index < -0.39 is 11.7 Å². The number of H-pyrrole nitrogens is 1. The van der Waals surface area contributed by atoms with Crippen molar-refractivity contribution in [1.82, 2.24) is 20.3 Å². The van der Waals surface area contributed by atoms with Crippen LogP contribution in [0.25, 0.3) is 22.4 Å². The number of fused-ring (bicyclic) bond motifs is 1. The third kappa shape index (κ3) is 3.98. The van der Waals surface area contributed by atoms with Gasteiger partial charge in [-0.3, -0.25) is 5.01 Å². The van der Waals surface area contributed by atoms with E-state index in [0.29, 0.717) is 22.8 Å². The van der Waals surface area contributed by atoms with Crippen LogP contribution in [0, 0.1) is 5.92 Å². The number of allylic oxidation sites excluding steroid dienone is 3. The van der Waals surface area contributed by atoms with Gasteiger partial charge in [-0.15, -0.1) is 0 Å². The molecule has 2 aliphatic heterocycles. The Kier molecular flexibility index (Phi) is 5.17. The number of nitrogens with zero attached hydrogens (tertiary/aromatic N) is 3. The fourth-order valence-corrected chi connectivity index (χ4v) is 4.37. The van der Waals surface area contributed by atoms with Crippen LogP contribution in [0.5, 0.6) is 0 Å². The van der Waals surface area contributed by atoms with Crippen molar-refractivity contribution in [3.8, 4) is 11.4 Å². The Labute approximate surface area is 184 Å². The molecule has 1 fully saturated rings. The number of rotatable bonds is 3. The fourth-order valence-electron chi connectivity index (χ4n) is 4.37. The number of halogens is 3. The third-order valence-electron chi connectivity index (χ3n) is 6.15. The molecule has 0 spiro atoms. The summed E-state index contributed by atoms with van der Waals surface area (Å²) in [6.07, 6.45) is 3.87. The molecule has 2 aliphatic rings. The van der Waals surface area contributed by atoms with Crippen LogP contribution in [0.4, 0.5) is 18.9 Å². The van der Waals surface area contributed by atoms with E-state index in [2.05, 4.69) is 38.4 Å². The highest BCUT2D eigenvalue weighted by atomic mass is 19.4. The number of hydrogen-bond donors (Lipinski definition) is 2. The van der Waals surface area contributed by atoms with Crippen molar-refractivity contribution < 1.29 is 13.2 Å². The molecule has 32 heavy (non-hydrogen) atoms. The molecule has 5 nitrogen and oxygen atoms in total. The molecule has 0 saturated carbocycles. The summed E-state index contributed by atoms with van der Waals surface area (Å²) < 4.78 is 39.2. The lowest BCUT2D eigenvalue weighted by Gasteiger charge is -2.37. The topological polar surface area (TPSA) is 47.2 Å². The van der Waals surface area contributed by atoms with Crippen LogP contribution in [0.2, 0.25) is 0 Å². The van der Waals surface area contributed by atoms with Gasteiger partial charge in [0.1, 0.15) is 5.82 Å². The molecule has 0 aliphatic carbocycles. The fraction of sp³-hybridized carbons (Fsp3) is 0.292. The van der Waals surface area contributed by atoms with Crippen molar-refractivity contribution in [2.75, 3.05) is 25.1 Å². The van der Waals surface area contributed by atoms with Gasteiger partial charge in [0, 0.05) is 23.4 Å². The number of benzene rings is 2. The lowest BCUT2D eigenvalue weighted by molar-refractivity contribution is -0.137. The van der Waals surface area contributed by atoms with Gasteiger partial charge in [0.25, 0.3) is 0 Å². The summed E-state index contributed by atoms with van der Waals surface area (Å²) in [7, 11) is 2.15. The molecule has 1 saturated heterocycles. The van der Waals surface area contributed by atoms with E-state index in [4.69, 9.17) is 0 Å². The molecule has 5 rings (SSSR count). The first-order chi connectivity index (χ1) is 15.4. The first-order valence-electron chi connectivity index (χ1n) is 10.7. The van der Waals surface area contributed by atoms with Crippen LogP contribution in [0.1, 0.15) is 18.4 Å². The summed E-state index contributed by atoms with van der Waals surface area (Å²) >= 11 is 0. The Balaban J connectivity index is 1.45. The smallest absolute Gasteiger partial charge is 0.338 e. The molecular formula is C24H24F3N5. The zero-order valence-corrected chi connectivity index (χ0v) is 17.7. The van der Waals surface area contributed by atoms with Gasteiger partial charge in [0.2, 0.25) is 0 Å². The summed E-state index contributed by atoms with van der Waals surface area (Å²) in [5.74, 6) is 0.998. The number of imidazole rings is 1. The zero-order chi connectivity index (χ0) is 22.3. The SMILES string of the molecule is CN1CCC(C2=CC=CNN2c2cccc(-c3nc4ccc(C(F)(F)F)cc4[nH]3)c2)CC1. The number of piperidine rings is 1. The van der Waals surface area contributed by atoms with E-state index in [1.54, 1.807) is 0 Å². The average molecular weight is 439 g/mol. The van der Waals surface area contributed by atoms with Crippen LogP contribution >= 0.6 is 0 Å². The zero-order valence-electron chi connectivity index (χ0n) is 17.7. The maximum Gasteiger partial charge on any atom is 0.416 e. The first-order valence-corrected chi connectivity index (χ1v) is 10.7. The number of aromatic amines is 1. The second kappa shape index (κ2) is 8.02. The minimum Gasteiger partial charge on any atom is -0.338 e. The van der Waals surface area contributed by atoms with Gasteiger partial charge in [-0.25, -0.2) is 4.98 Å². The van der Waals surface area contributed by atoms with Gasteiger partial charge >= 0.3 is 6.18 Å². The summed E-state index contributed by atoms with van der Waals surface area (Å²) in [6, 6.07) is 11.4. The predicted molar refractivity (Wildman–Crippen MR) is 120 cm³/mol. The Bertz CT molecular complexity index is 1190. The van der Waals surface area contributed by atoms with E-state index in [-0.39, 0.29) is 0 Å². The Morgan fingerprint density at radius 2 is 1.88 bits per heavy atom. The molecule has 2 N–H and O–H groups in total. The molecule has 3 heterocycles. The van der Waals surface area contributed by atoms with Crippen molar-refractivity contribution in [3.05, 3.63) is 72.1 Å². The Morgan fingerprint density at radius 1 is 1.06 bits per heavy atom. The number of hydrogen-bond acceptors (Lipinski definition) is 4. The molecule has 0 bridgehead atoms. The van der Waals surface area contributed by atoms with Gasteiger partial charge in [0.05, 0.1) is 22.3 Å². The van der Waals surface area contributed by atoms with E-state index in [9.17, 15) is 13.2 Å². The van der Waals surface area contributed by atoms with Crippen LogP contribution in [0.15, 0.2) is 66.5 Å². The van der Waals surface area contributed by atoms with Gasteiger partial charge in [0.15, 0.2) is 0 Å². The molecule has 0 radical (unpaired) electrons. The van der Waals surface area contributed by atoms with Gasteiger partial charge in [-0.1, -0.05) is 12.1 Å². The average Bonchev–Trinajstić information content (AvgIpc) is 3.23.